The molecule has 1 heterocycles. The van der Waals surface area contributed by atoms with Crippen molar-refractivity contribution in [3.05, 3.63) is 23.8 Å². The molecule has 5 nitrogen and oxygen atoms in total. The zero-order chi connectivity index (χ0) is 10.1. The Balaban J connectivity index is 2.63. The summed E-state index contributed by atoms with van der Waals surface area (Å²) in [4.78, 5) is 0. The third-order valence-electron chi connectivity index (χ3n) is 2.09. The van der Waals surface area contributed by atoms with Crippen LogP contribution in [-0.4, -0.2) is 20.8 Å². The van der Waals surface area contributed by atoms with Crippen LogP contribution in [0.4, 0.5) is 0 Å². The van der Waals surface area contributed by atoms with E-state index in [1.807, 2.05) is 25.2 Å². The van der Waals surface area contributed by atoms with E-state index < -0.39 is 0 Å². The van der Waals surface area contributed by atoms with Gasteiger partial charge in [0.05, 0.1) is 11.4 Å². The lowest BCUT2D eigenvalue weighted by molar-refractivity contribution is 0.734. The molecule has 0 aliphatic heterocycles. The highest BCUT2D eigenvalue weighted by atomic mass is 15.4. The predicted molar refractivity (Wildman–Crippen MR) is 54.1 cm³/mol. The van der Waals surface area contributed by atoms with Crippen LogP contribution in [0.3, 0.4) is 0 Å². The number of nitrogens with two attached hydrogens (primary N) is 1. The number of fused-ring (bicyclic) bond motifs is 1. The molecular weight excluding hydrogens is 178 g/mol. The molecule has 2 aromatic rings. The second kappa shape index (κ2) is 3.10. The van der Waals surface area contributed by atoms with Crippen LogP contribution in [0.25, 0.3) is 11.0 Å². The number of rotatable bonds is 2. The van der Waals surface area contributed by atoms with E-state index in [4.69, 9.17) is 11.1 Å². The van der Waals surface area contributed by atoms with Crippen molar-refractivity contribution in [3.8, 4) is 0 Å². The maximum absolute atomic E-state index is 7.26. The number of aromatic nitrogens is 3. The third-order valence-corrected chi connectivity index (χ3v) is 2.09. The van der Waals surface area contributed by atoms with E-state index in [2.05, 4.69) is 10.3 Å². The molecule has 0 amide bonds. The predicted octanol–water partition coefficient (Wildman–Crippen LogP) is 0.447. The zero-order valence-electron chi connectivity index (χ0n) is 7.86. The van der Waals surface area contributed by atoms with Crippen molar-refractivity contribution >= 4 is 16.9 Å². The fourth-order valence-electron chi connectivity index (χ4n) is 1.54. The standard InChI is InChI=1S/C9H11N5/c1-14-9-6(5-8(10)11)3-2-4-7(9)12-13-14/h2-4H,5H2,1H3,(H3,10,11). The van der Waals surface area contributed by atoms with E-state index in [1.165, 1.54) is 0 Å². The van der Waals surface area contributed by atoms with Gasteiger partial charge in [0, 0.05) is 13.5 Å². The van der Waals surface area contributed by atoms with Crippen LogP contribution in [0.15, 0.2) is 18.2 Å². The summed E-state index contributed by atoms with van der Waals surface area (Å²) in [6.45, 7) is 0. The lowest BCUT2D eigenvalue weighted by Gasteiger charge is -2.01. The lowest BCUT2D eigenvalue weighted by Crippen LogP contribution is -2.13. The summed E-state index contributed by atoms with van der Waals surface area (Å²) < 4.78 is 1.70. The maximum atomic E-state index is 7.26. The van der Waals surface area contributed by atoms with Gasteiger partial charge in [-0.05, 0) is 11.6 Å². The Morgan fingerprint density at radius 2 is 2.36 bits per heavy atom. The largest absolute Gasteiger partial charge is 0.387 e. The van der Waals surface area contributed by atoms with Crippen molar-refractivity contribution in [1.29, 1.82) is 5.41 Å². The van der Waals surface area contributed by atoms with Gasteiger partial charge in [-0.2, -0.15) is 0 Å². The molecule has 0 bridgehead atoms. The summed E-state index contributed by atoms with van der Waals surface area (Å²) in [5.41, 5.74) is 8.14. The van der Waals surface area contributed by atoms with Gasteiger partial charge >= 0.3 is 0 Å². The molecule has 0 aliphatic rings. The van der Waals surface area contributed by atoms with Crippen LogP contribution in [-0.2, 0) is 13.5 Å². The monoisotopic (exact) mass is 189 g/mol. The van der Waals surface area contributed by atoms with Gasteiger partial charge in [-0.3, -0.25) is 5.41 Å². The van der Waals surface area contributed by atoms with E-state index >= 15 is 0 Å². The fourth-order valence-corrected chi connectivity index (χ4v) is 1.54. The molecule has 14 heavy (non-hydrogen) atoms. The summed E-state index contributed by atoms with van der Waals surface area (Å²) in [6.07, 6.45) is 0.443. The second-order valence-corrected chi connectivity index (χ2v) is 3.20. The summed E-state index contributed by atoms with van der Waals surface area (Å²) in [6, 6.07) is 5.73. The average Bonchev–Trinajstić information content (AvgIpc) is 2.48. The van der Waals surface area contributed by atoms with Crippen LogP contribution >= 0.6 is 0 Å². The van der Waals surface area contributed by atoms with Gasteiger partial charge in [0.2, 0.25) is 0 Å². The molecule has 2 rings (SSSR count). The minimum Gasteiger partial charge on any atom is -0.387 e. The highest BCUT2D eigenvalue weighted by Crippen LogP contribution is 2.15. The van der Waals surface area contributed by atoms with Gasteiger partial charge in [0.1, 0.15) is 5.52 Å². The molecule has 0 spiro atoms. The molecule has 0 aliphatic carbocycles. The number of hydrogen-bond acceptors (Lipinski definition) is 3. The van der Waals surface area contributed by atoms with E-state index in [-0.39, 0.29) is 5.84 Å². The average molecular weight is 189 g/mol. The molecule has 1 aromatic carbocycles. The molecule has 3 N–H and O–H groups in total. The minimum atomic E-state index is 0.152. The molecule has 0 saturated heterocycles. The summed E-state index contributed by atoms with van der Waals surface area (Å²) >= 11 is 0. The summed E-state index contributed by atoms with van der Waals surface area (Å²) in [5, 5.41) is 15.2. The Hall–Kier alpha value is -1.91. The molecule has 0 unspecified atom stereocenters. The quantitative estimate of drug-likeness (QED) is 0.531. The van der Waals surface area contributed by atoms with Gasteiger partial charge in [-0.1, -0.05) is 17.3 Å². The summed E-state index contributed by atoms with van der Waals surface area (Å²) in [5.74, 6) is 0.152. The molecule has 0 radical (unpaired) electrons. The Bertz CT molecular complexity index is 485. The lowest BCUT2D eigenvalue weighted by atomic mass is 10.1. The first-order chi connectivity index (χ1) is 6.68. The maximum Gasteiger partial charge on any atom is 0.113 e. The number of amidine groups is 1. The molecule has 72 valence electrons. The Morgan fingerprint density at radius 1 is 1.57 bits per heavy atom. The highest BCUT2D eigenvalue weighted by Gasteiger charge is 2.07. The van der Waals surface area contributed by atoms with E-state index in [0.29, 0.717) is 6.42 Å². The zero-order valence-corrected chi connectivity index (χ0v) is 7.86. The number of nitrogens with zero attached hydrogens (tertiary/aromatic N) is 3. The molecule has 5 heteroatoms. The number of nitrogens with one attached hydrogen (secondary N) is 1. The highest BCUT2D eigenvalue weighted by molar-refractivity contribution is 5.86. The first-order valence-electron chi connectivity index (χ1n) is 4.28. The van der Waals surface area contributed by atoms with Crippen molar-refractivity contribution in [2.75, 3.05) is 0 Å². The number of para-hydroxylation sites is 1. The van der Waals surface area contributed by atoms with Crippen molar-refractivity contribution in [3.63, 3.8) is 0 Å². The molecule has 0 fully saturated rings. The van der Waals surface area contributed by atoms with E-state index in [1.54, 1.807) is 4.68 Å². The Labute approximate surface area is 81.0 Å². The number of hydrogen-bond donors (Lipinski definition) is 2. The Kier molecular flexibility index (Phi) is 1.92. The topological polar surface area (TPSA) is 80.6 Å². The van der Waals surface area contributed by atoms with Crippen LogP contribution in [0, 0.1) is 5.41 Å². The van der Waals surface area contributed by atoms with Crippen LogP contribution in [0.1, 0.15) is 5.56 Å². The van der Waals surface area contributed by atoms with Gasteiger partial charge in [-0.15, -0.1) is 5.10 Å². The Morgan fingerprint density at radius 3 is 3.07 bits per heavy atom. The first kappa shape index (κ1) is 8.68. The smallest absolute Gasteiger partial charge is 0.113 e. The number of aryl methyl sites for hydroxylation is 1. The van der Waals surface area contributed by atoms with Crippen molar-refractivity contribution in [2.45, 2.75) is 6.42 Å². The second-order valence-electron chi connectivity index (χ2n) is 3.20. The molecule has 0 atom stereocenters. The van der Waals surface area contributed by atoms with Crippen LogP contribution < -0.4 is 5.73 Å². The fraction of sp³-hybridized carbons (Fsp3) is 0.222. The van der Waals surface area contributed by atoms with Gasteiger partial charge in [0.25, 0.3) is 0 Å². The van der Waals surface area contributed by atoms with E-state index in [9.17, 15) is 0 Å². The molecular formula is C9H11N5. The minimum absolute atomic E-state index is 0.152. The SMILES string of the molecule is Cn1nnc2cccc(CC(=N)N)c21. The first-order valence-corrected chi connectivity index (χ1v) is 4.28. The van der Waals surface area contributed by atoms with Gasteiger partial charge in [-0.25, -0.2) is 4.68 Å². The van der Waals surface area contributed by atoms with E-state index in [0.717, 1.165) is 16.6 Å². The molecule has 1 aromatic heterocycles. The number of benzene rings is 1. The van der Waals surface area contributed by atoms with Crippen molar-refractivity contribution in [2.24, 2.45) is 12.8 Å². The van der Waals surface area contributed by atoms with Gasteiger partial charge < -0.3 is 5.73 Å². The van der Waals surface area contributed by atoms with Crippen LogP contribution in [0.2, 0.25) is 0 Å². The van der Waals surface area contributed by atoms with Gasteiger partial charge in [0.15, 0.2) is 0 Å². The normalized spacial score (nSPS) is 10.6. The third kappa shape index (κ3) is 1.32. The van der Waals surface area contributed by atoms with Crippen LogP contribution in [0.5, 0.6) is 0 Å². The van der Waals surface area contributed by atoms with Crippen molar-refractivity contribution in [1.82, 2.24) is 15.0 Å². The molecule has 0 saturated carbocycles. The van der Waals surface area contributed by atoms with Crippen molar-refractivity contribution < 1.29 is 0 Å². The summed E-state index contributed by atoms with van der Waals surface area (Å²) in [7, 11) is 1.83.